The van der Waals surface area contributed by atoms with E-state index in [2.05, 4.69) is 5.32 Å². The largest absolute Gasteiger partial charge is 0.497 e. The average molecular weight is 566 g/mol. The summed E-state index contributed by atoms with van der Waals surface area (Å²) in [5, 5.41) is 2.94. The number of aryl methyl sites for hydroxylation is 1. The molecule has 2 amide bonds. The van der Waals surface area contributed by atoms with Gasteiger partial charge in [-0.25, -0.2) is 8.42 Å². The van der Waals surface area contributed by atoms with Gasteiger partial charge < -0.3 is 15.0 Å². The maximum Gasteiger partial charge on any atom is 0.264 e. The maximum absolute atomic E-state index is 14.1. The van der Waals surface area contributed by atoms with Crippen LogP contribution in [0.2, 0.25) is 0 Å². The molecule has 0 radical (unpaired) electrons. The Balaban J connectivity index is 2.04. The standard InChI is InChI=1S/C31H39N3O5S/c1-5-7-19-32-31(36)29(6-2)33(22-25-14-11-13-24(3)20-25)30(35)23-34(26-15-12-16-27(21-26)39-4)40(37,38)28-17-9-8-10-18-28/h8-18,20-21,29H,5-7,19,22-23H2,1-4H3,(H,32,36)/t29-/m0/s1. The van der Waals surface area contributed by atoms with Crippen molar-refractivity contribution in [2.75, 3.05) is 24.5 Å². The molecule has 8 nitrogen and oxygen atoms in total. The van der Waals surface area contributed by atoms with Gasteiger partial charge in [0.05, 0.1) is 17.7 Å². The summed E-state index contributed by atoms with van der Waals surface area (Å²) in [6, 6.07) is 21.5. The van der Waals surface area contributed by atoms with Gasteiger partial charge in [0.1, 0.15) is 18.3 Å². The highest BCUT2D eigenvalue weighted by Crippen LogP contribution is 2.27. The second-order valence-corrected chi connectivity index (χ2v) is 11.5. The van der Waals surface area contributed by atoms with Gasteiger partial charge in [0.2, 0.25) is 11.8 Å². The lowest BCUT2D eigenvalue weighted by Gasteiger charge is -2.33. The van der Waals surface area contributed by atoms with E-state index in [1.807, 2.05) is 45.0 Å². The van der Waals surface area contributed by atoms with Crippen molar-refractivity contribution in [1.82, 2.24) is 10.2 Å². The Morgan fingerprint density at radius 2 is 1.68 bits per heavy atom. The average Bonchev–Trinajstić information content (AvgIpc) is 2.96. The van der Waals surface area contributed by atoms with E-state index in [-0.39, 0.29) is 23.0 Å². The van der Waals surface area contributed by atoms with Crippen molar-refractivity contribution >= 4 is 27.5 Å². The second kappa shape index (κ2) is 14.5. The molecule has 3 aromatic carbocycles. The molecule has 3 rings (SSSR count). The summed E-state index contributed by atoms with van der Waals surface area (Å²) in [5.41, 5.74) is 2.16. The molecule has 0 bridgehead atoms. The molecule has 0 aromatic heterocycles. The summed E-state index contributed by atoms with van der Waals surface area (Å²) < 4.78 is 34.2. The van der Waals surface area contributed by atoms with E-state index >= 15 is 0 Å². The third-order valence-electron chi connectivity index (χ3n) is 6.60. The van der Waals surface area contributed by atoms with Crippen LogP contribution in [-0.4, -0.2) is 51.4 Å². The molecule has 0 unspecified atom stereocenters. The Morgan fingerprint density at radius 1 is 0.950 bits per heavy atom. The minimum atomic E-state index is -4.13. The molecular weight excluding hydrogens is 526 g/mol. The molecule has 3 aromatic rings. The molecule has 0 fully saturated rings. The molecular formula is C31H39N3O5S. The fraction of sp³-hybridized carbons (Fsp3) is 0.355. The van der Waals surface area contributed by atoms with Crippen LogP contribution in [0.3, 0.4) is 0 Å². The van der Waals surface area contributed by atoms with Crippen LogP contribution in [0.15, 0.2) is 83.8 Å². The first-order valence-corrected chi connectivity index (χ1v) is 15.0. The highest BCUT2D eigenvalue weighted by molar-refractivity contribution is 7.92. The highest BCUT2D eigenvalue weighted by Gasteiger charge is 2.33. The van der Waals surface area contributed by atoms with Crippen molar-refractivity contribution < 1.29 is 22.7 Å². The fourth-order valence-electron chi connectivity index (χ4n) is 4.45. The number of amides is 2. The number of hydrogen-bond acceptors (Lipinski definition) is 5. The minimum absolute atomic E-state index is 0.0557. The van der Waals surface area contributed by atoms with Crippen LogP contribution < -0.4 is 14.4 Å². The molecule has 40 heavy (non-hydrogen) atoms. The summed E-state index contributed by atoms with van der Waals surface area (Å²) in [5.74, 6) is -0.284. The molecule has 0 heterocycles. The number of ether oxygens (including phenoxy) is 1. The lowest BCUT2D eigenvalue weighted by atomic mass is 10.1. The van der Waals surface area contributed by atoms with Crippen molar-refractivity contribution in [2.45, 2.75) is 57.5 Å². The lowest BCUT2D eigenvalue weighted by Crippen LogP contribution is -2.52. The predicted octanol–water partition coefficient (Wildman–Crippen LogP) is 4.92. The van der Waals surface area contributed by atoms with Crippen LogP contribution in [0.5, 0.6) is 5.75 Å². The number of carbonyl (C=O) groups excluding carboxylic acids is 2. The Hall–Kier alpha value is -3.85. The van der Waals surface area contributed by atoms with Crippen molar-refractivity contribution in [3.8, 4) is 5.75 Å². The maximum atomic E-state index is 14.1. The van der Waals surface area contributed by atoms with Crippen molar-refractivity contribution in [2.24, 2.45) is 0 Å². The predicted molar refractivity (Wildman–Crippen MR) is 158 cm³/mol. The molecule has 9 heteroatoms. The number of benzene rings is 3. The van der Waals surface area contributed by atoms with Crippen LogP contribution in [0.4, 0.5) is 5.69 Å². The molecule has 0 saturated heterocycles. The van der Waals surface area contributed by atoms with Gasteiger partial charge in [-0.15, -0.1) is 0 Å². The van der Waals surface area contributed by atoms with Crippen LogP contribution >= 0.6 is 0 Å². The summed E-state index contributed by atoms with van der Waals surface area (Å²) in [4.78, 5) is 28.9. The summed E-state index contributed by atoms with van der Waals surface area (Å²) in [6.07, 6.45) is 2.13. The third-order valence-corrected chi connectivity index (χ3v) is 8.39. The van der Waals surface area contributed by atoms with Gasteiger partial charge in [-0.05, 0) is 49.6 Å². The van der Waals surface area contributed by atoms with Gasteiger partial charge in [0.25, 0.3) is 10.0 Å². The van der Waals surface area contributed by atoms with Gasteiger partial charge in [0.15, 0.2) is 0 Å². The zero-order valence-electron chi connectivity index (χ0n) is 23.7. The molecule has 1 N–H and O–H groups in total. The van der Waals surface area contributed by atoms with Crippen molar-refractivity contribution in [3.05, 3.63) is 90.0 Å². The molecule has 0 spiro atoms. The minimum Gasteiger partial charge on any atom is -0.497 e. The number of nitrogens with zero attached hydrogens (tertiary/aromatic N) is 2. The van der Waals surface area contributed by atoms with Gasteiger partial charge in [-0.3, -0.25) is 13.9 Å². The SMILES string of the molecule is CCCCNC(=O)[C@H](CC)N(Cc1cccc(C)c1)C(=O)CN(c1cccc(OC)c1)S(=O)(=O)c1ccccc1. The lowest BCUT2D eigenvalue weighted by molar-refractivity contribution is -0.140. The quantitative estimate of drug-likeness (QED) is 0.280. The van der Waals surface area contributed by atoms with Crippen molar-refractivity contribution in [1.29, 1.82) is 0 Å². The van der Waals surface area contributed by atoms with Crippen LogP contribution in [-0.2, 0) is 26.2 Å². The van der Waals surface area contributed by atoms with Gasteiger partial charge in [-0.1, -0.05) is 74.4 Å². The molecule has 0 aliphatic carbocycles. The van der Waals surface area contributed by atoms with E-state index in [9.17, 15) is 18.0 Å². The Kier molecular flexibility index (Phi) is 11.1. The number of anilines is 1. The van der Waals surface area contributed by atoms with E-state index < -0.39 is 28.5 Å². The first-order chi connectivity index (χ1) is 19.2. The molecule has 1 atom stereocenters. The third kappa shape index (κ3) is 7.85. The number of unbranched alkanes of at least 4 members (excludes halogenated alkanes) is 1. The number of sulfonamides is 1. The summed E-state index contributed by atoms with van der Waals surface area (Å²) in [7, 11) is -2.63. The highest BCUT2D eigenvalue weighted by atomic mass is 32.2. The topological polar surface area (TPSA) is 96.0 Å². The smallest absolute Gasteiger partial charge is 0.264 e. The Morgan fingerprint density at radius 3 is 2.33 bits per heavy atom. The van der Waals surface area contributed by atoms with E-state index in [0.29, 0.717) is 18.7 Å². The number of hydrogen-bond donors (Lipinski definition) is 1. The van der Waals surface area contributed by atoms with Gasteiger partial charge >= 0.3 is 0 Å². The van der Waals surface area contributed by atoms with E-state index in [1.54, 1.807) is 42.5 Å². The number of nitrogens with one attached hydrogen (secondary N) is 1. The van der Waals surface area contributed by atoms with Gasteiger partial charge in [-0.2, -0.15) is 0 Å². The van der Waals surface area contributed by atoms with E-state index in [1.165, 1.54) is 24.1 Å². The Bertz CT molecular complexity index is 1380. The second-order valence-electron chi connectivity index (χ2n) is 9.61. The van der Waals surface area contributed by atoms with E-state index in [4.69, 9.17) is 4.74 Å². The monoisotopic (exact) mass is 565 g/mol. The van der Waals surface area contributed by atoms with Crippen LogP contribution in [0, 0.1) is 6.92 Å². The molecule has 0 aliphatic heterocycles. The molecule has 0 aliphatic rings. The normalized spacial score (nSPS) is 11.9. The summed E-state index contributed by atoms with van der Waals surface area (Å²) >= 11 is 0. The number of rotatable bonds is 14. The zero-order valence-corrected chi connectivity index (χ0v) is 24.5. The first kappa shape index (κ1) is 30.7. The van der Waals surface area contributed by atoms with Crippen LogP contribution in [0.25, 0.3) is 0 Å². The first-order valence-electron chi connectivity index (χ1n) is 13.6. The Labute approximate surface area is 238 Å². The van der Waals surface area contributed by atoms with Crippen molar-refractivity contribution in [3.63, 3.8) is 0 Å². The zero-order chi connectivity index (χ0) is 29.1. The van der Waals surface area contributed by atoms with E-state index in [0.717, 1.165) is 28.3 Å². The number of carbonyl (C=O) groups is 2. The number of methoxy groups -OCH3 is 1. The van der Waals surface area contributed by atoms with Crippen LogP contribution in [0.1, 0.15) is 44.2 Å². The van der Waals surface area contributed by atoms with Gasteiger partial charge in [0, 0.05) is 19.2 Å². The molecule has 0 saturated carbocycles. The molecule has 214 valence electrons. The fourth-order valence-corrected chi connectivity index (χ4v) is 5.87. The summed E-state index contributed by atoms with van der Waals surface area (Å²) in [6.45, 7) is 6.03.